The number of pyridine rings is 1. The van der Waals surface area contributed by atoms with E-state index in [2.05, 4.69) is 11.1 Å². The average molecular weight is 201 g/mol. The highest BCUT2D eigenvalue weighted by Gasteiger charge is 2.22. The summed E-state index contributed by atoms with van der Waals surface area (Å²) < 4.78 is 0. The number of carbonyl (C=O) groups is 1. The van der Waals surface area contributed by atoms with Gasteiger partial charge in [0.1, 0.15) is 11.9 Å². The number of rotatable bonds is 1. The van der Waals surface area contributed by atoms with E-state index in [1.165, 1.54) is 0 Å². The monoisotopic (exact) mass is 201 g/mol. The third-order valence-electron chi connectivity index (χ3n) is 2.54. The van der Waals surface area contributed by atoms with E-state index < -0.39 is 0 Å². The second-order valence-electron chi connectivity index (χ2n) is 3.56. The molecule has 15 heavy (non-hydrogen) atoms. The molecule has 0 radical (unpaired) electrons. The summed E-state index contributed by atoms with van der Waals surface area (Å²) in [5.74, 6) is 0.778. The summed E-state index contributed by atoms with van der Waals surface area (Å²) >= 11 is 0. The molecule has 0 N–H and O–H groups in total. The Morgan fingerprint density at radius 2 is 2.33 bits per heavy atom. The van der Waals surface area contributed by atoms with Gasteiger partial charge in [0.05, 0.1) is 11.3 Å². The Labute approximate surface area is 88.1 Å². The molecule has 2 rings (SSSR count). The number of nitrogens with zero attached hydrogens (tertiary/aromatic N) is 3. The minimum absolute atomic E-state index is 0.117. The topological polar surface area (TPSA) is 57.0 Å². The molecule has 4 nitrogen and oxygen atoms in total. The maximum Gasteiger partial charge on any atom is 0.228 e. The van der Waals surface area contributed by atoms with E-state index in [-0.39, 0.29) is 5.91 Å². The van der Waals surface area contributed by atoms with E-state index >= 15 is 0 Å². The lowest BCUT2D eigenvalue weighted by Gasteiger charge is -2.14. The third-order valence-corrected chi connectivity index (χ3v) is 2.54. The first-order chi connectivity index (χ1) is 7.22. The summed E-state index contributed by atoms with van der Waals surface area (Å²) in [6, 6.07) is 5.50. The molecule has 1 aliphatic heterocycles. The van der Waals surface area contributed by atoms with Crippen LogP contribution in [0.3, 0.4) is 0 Å². The highest BCUT2D eigenvalue weighted by Crippen LogP contribution is 2.20. The maximum absolute atomic E-state index is 11.5. The van der Waals surface area contributed by atoms with Gasteiger partial charge in [-0.05, 0) is 25.5 Å². The summed E-state index contributed by atoms with van der Waals surface area (Å²) in [5.41, 5.74) is 1.24. The SMILES string of the molecule is Cc1nc(N2CCCC2=O)ccc1C#N. The van der Waals surface area contributed by atoms with E-state index in [9.17, 15) is 4.79 Å². The molecule has 2 heterocycles. The van der Waals surface area contributed by atoms with Gasteiger partial charge in [0, 0.05) is 13.0 Å². The minimum atomic E-state index is 0.117. The fraction of sp³-hybridized carbons (Fsp3) is 0.364. The maximum atomic E-state index is 11.5. The van der Waals surface area contributed by atoms with Gasteiger partial charge in [-0.25, -0.2) is 4.98 Å². The Bertz CT molecular complexity index is 448. The molecular formula is C11H11N3O. The molecule has 0 bridgehead atoms. The zero-order valence-electron chi connectivity index (χ0n) is 8.53. The number of nitriles is 1. The van der Waals surface area contributed by atoms with Gasteiger partial charge < -0.3 is 0 Å². The van der Waals surface area contributed by atoms with E-state index in [0.29, 0.717) is 23.5 Å². The molecule has 0 unspecified atom stereocenters. The van der Waals surface area contributed by atoms with E-state index in [1.807, 2.05) is 0 Å². The van der Waals surface area contributed by atoms with Gasteiger partial charge in [-0.2, -0.15) is 5.26 Å². The number of aryl methyl sites for hydroxylation is 1. The molecular weight excluding hydrogens is 190 g/mol. The van der Waals surface area contributed by atoms with Crippen LogP contribution in [-0.4, -0.2) is 17.4 Å². The van der Waals surface area contributed by atoms with Crippen molar-refractivity contribution in [3.63, 3.8) is 0 Å². The van der Waals surface area contributed by atoms with Gasteiger partial charge in [0.15, 0.2) is 0 Å². The van der Waals surface area contributed by atoms with Crippen LogP contribution in [0.2, 0.25) is 0 Å². The van der Waals surface area contributed by atoms with Gasteiger partial charge >= 0.3 is 0 Å². The fourth-order valence-corrected chi connectivity index (χ4v) is 1.71. The summed E-state index contributed by atoms with van der Waals surface area (Å²) in [4.78, 5) is 17.4. The van der Waals surface area contributed by atoms with Crippen molar-refractivity contribution in [2.45, 2.75) is 19.8 Å². The van der Waals surface area contributed by atoms with Crippen LogP contribution in [0.4, 0.5) is 5.82 Å². The zero-order chi connectivity index (χ0) is 10.8. The number of hydrogen-bond acceptors (Lipinski definition) is 3. The molecule has 0 atom stereocenters. The highest BCUT2D eigenvalue weighted by atomic mass is 16.2. The number of aromatic nitrogens is 1. The van der Waals surface area contributed by atoms with Crippen molar-refractivity contribution in [3.05, 3.63) is 23.4 Å². The Morgan fingerprint density at radius 1 is 1.53 bits per heavy atom. The number of amides is 1. The van der Waals surface area contributed by atoms with Crippen molar-refractivity contribution in [3.8, 4) is 6.07 Å². The normalized spacial score (nSPS) is 15.5. The molecule has 1 aromatic rings. The minimum Gasteiger partial charge on any atom is -0.297 e. The predicted octanol–water partition coefficient (Wildman–Crippen LogP) is 1.39. The molecule has 1 amide bonds. The van der Waals surface area contributed by atoms with Crippen LogP contribution in [0.1, 0.15) is 24.1 Å². The Kier molecular flexibility index (Phi) is 2.38. The van der Waals surface area contributed by atoms with Gasteiger partial charge in [-0.15, -0.1) is 0 Å². The van der Waals surface area contributed by atoms with Crippen molar-refractivity contribution in [2.75, 3.05) is 11.4 Å². The van der Waals surface area contributed by atoms with Gasteiger partial charge in [-0.1, -0.05) is 0 Å². The second kappa shape index (κ2) is 3.70. The fourth-order valence-electron chi connectivity index (χ4n) is 1.71. The predicted molar refractivity (Wildman–Crippen MR) is 55.3 cm³/mol. The van der Waals surface area contributed by atoms with E-state index in [4.69, 9.17) is 5.26 Å². The van der Waals surface area contributed by atoms with Crippen LogP contribution in [0.15, 0.2) is 12.1 Å². The van der Waals surface area contributed by atoms with Crippen molar-refractivity contribution < 1.29 is 4.79 Å². The van der Waals surface area contributed by atoms with Crippen molar-refractivity contribution >= 4 is 11.7 Å². The van der Waals surface area contributed by atoms with Crippen LogP contribution < -0.4 is 4.90 Å². The van der Waals surface area contributed by atoms with E-state index in [1.54, 1.807) is 24.0 Å². The largest absolute Gasteiger partial charge is 0.297 e. The molecule has 0 aliphatic carbocycles. The first-order valence-electron chi connectivity index (χ1n) is 4.90. The first kappa shape index (κ1) is 9.66. The number of anilines is 1. The van der Waals surface area contributed by atoms with Crippen LogP contribution in [0.5, 0.6) is 0 Å². The molecule has 0 saturated carbocycles. The Morgan fingerprint density at radius 3 is 2.87 bits per heavy atom. The van der Waals surface area contributed by atoms with Crippen LogP contribution in [0.25, 0.3) is 0 Å². The highest BCUT2D eigenvalue weighted by molar-refractivity contribution is 5.94. The van der Waals surface area contributed by atoms with Crippen molar-refractivity contribution in [1.29, 1.82) is 5.26 Å². The van der Waals surface area contributed by atoms with Crippen LogP contribution in [0, 0.1) is 18.3 Å². The first-order valence-corrected chi connectivity index (χ1v) is 4.90. The number of carbonyl (C=O) groups excluding carboxylic acids is 1. The summed E-state index contributed by atoms with van der Waals surface area (Å²) in [6.07, 6.45) is 1.49. The van der Waals surface area contributed by atoms with Crippen LogP contribution >= 0.6 is 0 Å². The van der Waals surface area contributed by atoms with Gasteiger partial charge in [0.2, 0.25) is 5.91 Å². The molecule has 1 aromatic heterocycles. The molecule has 0 aromatic carbocycles. The van der Waals surface area contributed by atoms with E-state index in [0.717, 1.165) is 13.0 Å². The molecule has 1 saturated heterocycles. The average Bonchev–Trinajstić information content (AvgIpc) is 2.64. The third kappa shape index (κ3) is 1.68. The summed E-state index contributed by atoms with van der Waals surface area (Å²) in [7, 11) is 0. The molecule has 4 heteroatoms. The van der Waals surface area contributed by atoms with Crippen molar-refractivity contribution in [2.24, 2.45) is 0 Å². The lowest BCUT2D eigenvalue weighted by molar-refractivity contribution is -0.117. The quantitative estimate of drug-likeness (QED) is 0.689. The number of hydrogen-bond donors (Lipinski definition) is 0. The van der Waals surface area contributed by atoms with Crippen LogP contribution in [-0.2, 0) is 4.79 Å². The molecule has 0 spiro atoms. The van der Waals surface area contributed by atoms with Gasteiger partial charge in [0.25, 0.3) is 0 Å². The van der Waals surface area contributed by atoms with Crippen molar-refractivity contribution in [1.82, 2.24) is 4.98 Å². The standard InChI is InChI=1S/C11H11N3O/c1-8-9(7-12)4-5-10(13-8)14-6-2-3-11(14)15/h4-5H,2-3,6H2,1H3. The lowest BCUT2D eigenvalue weighted by Crippen LogP contribution is -2.24. The Balaban J connectivity index is 2.34. The smallest absolute Gasteiger partial charge is 0.228 e. The summed E-state index contributed by atoms with van der Waals surface area (Å²) in [6.45, 7) is 2.51. The molecule has 1 fully saturated rings. The second-order valence-corrected chi connectivity index (χ2v) is 3.56. The zero-order valence-corrected chi connectivity index (χ0v) is 8.53. The summed E-state index contributed by atoms with van der Waals surface area (Å²) in [5, 5.41) is 8.76. The Hall–Kier alpha value is -1.89. The lowest BCUT2D eigenvalue weighted by atomic mass is 10.2. The molecule has 1 aliphatic rings. The molecule has 76 valence electrons. The van der Waals surface area contributed by atoms with Gasteiger partial charge in [-0.3, -0.25) is 9.69 Å².